The standard InChI is InChI=1S/C11H13N3O5/c15-11(16)9-4-8(14(17)18)5-12-10(9)13-7-2-1-3-19-6-7/h4-5,7H,1-3,6H2,(H,12,13)(H,15,16). The number of ether oxygens (including phenoxy) is 1. The molecule has 2 heterocycles. The maximum absolute atomic E-state index is 11.1. The Bertz CT molecular complexity index is 499. The molecule has 0 bridgehead atoms. The molecule has 1 unspecified atom stereocenters. The van der Waals surface area contributed by atoms with E-state index in [0.29, 0.717) is 13.2 Å². The van der Waals surface area contributed by atoms with E-state index in [0.717, 1.165) is 25.1 Å². The zero-order chi connectivity index (χ0) is 13.8. The van der Waals surface area contributed by atoms with Crippen LogP contribution in [0.25, 0.3) is 0 Å². The van der Waals surface area contributed by atoms with Crippen LogP contribution >= 0.6 is 0 Å². The van der Waals surface area contributed by atoms with Gasteiger partial charge in [-0.15, -0.1) is 0 Å². The first-order chi connectivity index (χ1) is 9.08. The van der Waals surface area contributed by atoms with Crippen LogP contribution in [0.5, 0.6) is 0 Å². The topological polar surface area (TPSA) is 115 Å². The van der Waals surface area contributed by atoms with Crippen LogP contribution in [0, 0.1) is 10.1 Å². The molecule has 1 saturated heterocycles. The molecular weight excluding hydrogens is 254 g/mol. The number of aromatic carboxylic acids is 1. The molecule has 0 amide bonds. The van der Waals surface area contributed by atoms with Gasteiger partial charge in [0.2, 0.25) is 0 Å². The Kier molecular flexibility index (Phi) is 3.91. The molecule has 1 aromatic heterocycles. The Morgan fingerprint density at radius 1 is 1.63 bits per heavy atom. The third kappa shape index (κ3) is 3.16. The van der Waals surface area contributed by atoms with E-state index in [9.17, 15) is 14.9 Å². The maximum atomic E-state index is 11.1. The first kappa shape index (κ1) is 13.2. The number of pyridine rings is 1. The van der Waals surface area contributed by atoms with Gasteiger partial charge >= 0.3 is 5.97 Å². The monoisotopic (exact) mass is 267 g/mol. The molecule has 1 aliphatic rings. The molecule has 1 aliphatic heterocycles. The lowest BCUT2D eigenvalue weighted by Crippen LogP contribution is -2.31. The van der Waals surface area contributed by atoms with Crippen molar-refractivity contribution in [1.29, 1.82) is 0 Å². The molecule has 1 aromatic rings. The largest absolute Gasteiger partial charge is 0.478 e. The zero-order valence-electron chi connectivity index (χ0n) is 10.0. The number of carbonyl (C=O) groups is 1. The van der Waals surface area contributed by atoms with Crippen molar-refractivity contribution < 1.29 is 19.6 Å². The Morgan fingerprint density at radius 3 is 3.00 bits per heavy atom. The summed E-state index contributed by atoms with van der Waals surface area (Å²) in [5, 5.41) is 22.6. The molecule has 0 aromatic carbocycles. The van der Waals surface area contributed by atoms with E-state index in [1.54, 1.807) is 0 Å². The minimum atomic E-state index is -1.25. The summed E-state index contributed by atoms with van der Waals surface area (Å²) in [6.07, 6.45) is 2.77. The summed E-state index contributed by atoms with van der Waals surface area (Å²) < 4.78 is 5.27. The van der Waals surface area contributed by atoms with Crippen molar-refractivity contribution in [2.24, 2.45) is 0 Å². The SMILES string of the molecule is O=C(O)c1cc([N+](=O)[O-])cnc1NC1CCCOC1. The van der Waals surface area contributed by atoms with Crippen molar-refractivity contribution in [2.75, 3.05) is 18.5 Å². The minimum absolute atomic E-state index is 0.0270. The zero-order valence-corrected chi connectivity index (χ0v) is 10.0. The summed E-state index contributed by atoms with van der Waals surface area (Å²) in [5.74, 6) is -1.12. The average molecular weight is 267 g/mol. The Morgan fingerprint density at radius 2 is 2.42 bits per heavy atom. The van der Waals surface area contributed by atoms with Crippen LogP contribution in [0.1, 0.15) is 23.2 Å². The van der Waals surface area contributed by atoms with Crippen molar-refractivity contribution >= 4 is 17.5 Å². The molecule has 1 atom stereocenters. The molecule has 19 heavy (non-hydrogen) atoms. The van der Waals surface area contributed by atoms with Crippen LogP contribution in [0.3, 0.4) is 0 Å². The fourth-order valence-corrected chi connectivity index (χ4v) is 1.88. The Balaban J connectivity index is 2.23. The van der Waals surface area contributed by atoms with E-state index >= 15 is 0 Å². The molecule has 2 rings (SSSR count). The molecule has 0 aliphatic carbocycles. The highest BCUT2D eigenvalue weighted by Gasteiger charge is 2.21. The fraction of sp³-hybridized carbons (Fsp3) is 0.455. The Hall–Kier alpha value is -2.22. The molecule has 102 valence electrons. The predicted octanol–water partition coefficient (Wildman–Crippen LogP) is 1.28. The van der Waals surface area contributed by atoms with Crippen LogP contribution in [0.15, 0.2) is 12.3 Å². The highest BCUT2D eigenvalue weighted by molar-refractivity contribution is 5.93. The number of anilines is 1. The van der Waals surface area contributed by atoms with Crippen LogP contribution in [-0.4, -0.2) is 40.2 Å². The number of hydrogen-bond donors (Lipinski definition) is 2. The molecular formula is C11H13N3O5. The van der Waals surface area contributed by atoms with E-state index in [1.165, 1.54) is 0 Å². The van der Waals surface area contributed by atoms with Crippen LogP contribution < -0.4 is 5.32 Å². The summed E-state index contributed by atoms with van der Waals surface area (Å²) in [4.78, 5) is 24.9. The molecule has 2 N–H and O–H groups in total. The van der Waals surface area contributed by atoms with Gasteiger partial charge in [0.25, 0.3) is 5.69 Å². The predicted molar refractivity (Wildman–Crippen MR) is 65.3 cm³/mol. The summed E-state index contributed by atoms with van der Waals surface area (Å²) >= 11 is 0. The van der Waals surface area contributed by atoms with Crippen molar-refractivity contribution in [3.8, 4) is 0 Å². The number of nitrogens with one attached hydrogen (secondary N) is 1. The van der Waals surface area contributed by atoms with Crippen LogP contribution in [0.4, 0.5) is 11.5 Å². The van der Waals surface area contributed by atoms with Gasteiger partial charge in [0.1, 0.15) is 17.6 Å². The summed E-state index contributed by atoms with van der Waals surface area (Å²) in [6, 6.07) is 0.974. The van der Waals surface area contributed by atoms with Gasteiger partial charge in [-0.1, -0.05) is 0 Å². The van der Waals surface area contributed by atoms with E-state index in [1.807, 2.05) is 0 Å². The number of rotatable bonds is 4. The second-order valence-electron chi connectivity index (χ2n) is 4.21. The number of carboxylic acid groups (broad SMARTS) is 1. The maximum Gasteiger partial charge on any atom is 0.339 e. The van der Waals surface area contributed by atoms with E-state index in [4.69, 9.17) is 9.84 Å². The quantitative estimate of drug-likeness (QED) is 0.623. The van der Waals surface area contributed by atoms with Gasteiger partial charge in [-0.05, 0) is 12.8 Å². The van der Waals surface area contributed by atoms with Gasteiger partial charge < -0.3 is 15.2 Å². The summed E-state index contributed by atoms with van der Waals surface area (Å²) in [6.45, 7) is 1.16. The van der Waals surface area contributed by atoms with Crippen LogP contribution in [0.2, 0.25) is 0 Å². The normalized spacial score (nSPS) is 18.8. The first-order valence-corrected chi connectivity index (χ1v) is 5.80. The van der Waals surface area contributed by atoms with Crippen molar-refractivity contribution in [3.63, 3.8) is 0 Å². The van der Waals surface area contributed by atoms with Gasteiger partial charge in [-0.3, -0.25) is 10.1 Å². The number of nitro groups is 1. The Labute approximate surface area is 108 Å². The van der Waals surface area contributed by atoms with Gasteiger partial charge in [-0.2, -0.15) is 0 Å². The smallest absolute Gasteiger partial charge is 0.339 e. The highest BCUT2D eigenvalue weighted by atomic mass is 16.6. The van der Waals surface area contributed by atoms with E-state index < -0.39 is 10.9 Å². The second kappa shape index (κ2) is 5.61. The van der Waals surface area contributed by atoms with Crippen molar-refractivity contribution in [2.45, 2.75) is 18.9 Å². The van der Waals surface area contributed by atoms with Gasteiger partial charge in [-0.25, -0.2) is 9.78 Å². The van der Waals surface area contributed by atoms with Gasteiger partial charge in [0.15, 0.2) is 0 Å². The third-order valence-electron chi connectivity index (χ3n) is 2.82. The second-order valence-corrected chi connectivity index (χ2v) is 4.21. The molecule has 0 radical (unpaired) electrons. The van der Waals surface area contributed by atoms with Gasteiger partial charge in [0.05, 0.1) is 17.6 Å². The van der Waals surface area contributed by atoms with Crippen LogP contribution in [-0.2, 0) is 4.74 Å². The average Bonchev–Trinajstić information content (AvgIpc) is 2.39. The summed E-state index contributed by atoms with van der Waals surface area (Å²) in [5.41, 5.74) is -0.553. The molecule has 8 nitrogen and oxygen atoms in total. The molecule has 0 spiro atoms. The van der Waals surface area contributed by atoms with Crippen molar-refractivity contribution in [1.82, 2.24) is 4.98 Å². The van der Waals surface area contributed by atoms with Crippen molar-refractivity contribution in [3.05, 3.63) is 27.9 Å². The number of nitrogens with zero attached hydrogens (tertiary/aromatic N) is 2. The lowest BCUT2D eigenvalue weighted by molar-refractivity contribution is -0.385. The summed E-state index contributed by atoms with van der Waals surface area (Å²) in [7, 11) is 0. The molecule has 8 heteroatoms. The van der Waals surface area contributed by atoms with E-state index in [-0.39, 0.29) is 23.1 Å². The number of carboxylic acids is 1. The number of hydrogen-bond acceptors (Lipinski definition) is 6. The van der Waals surface area contributed by atoms with E-state index in [2.05, 4.69) is 10.3 Å². The lowest BCUT2D eigenvalue weighted by atomic mass is 10.1. The van der Waals surface area contributed by atoms with Gasteiger partial charge in [0, 0.05) is 12.7 Å². The number of aromatic nitrogens is 1. The molecule has 0 saturated carbocycles. The molecule has 1 fully saturated rings. The minimum Gasteiger partial charge on any atom is -0.478 e. The lowest BCUT2D eigenvalue weighted by Gasteiger charge is -2.24. The fourth-order valence-electron chi connectivity index (χ4n) is 1.88. The first-order valence-electron chi connectivity index (χ1n) is 5.80. The highest BCUT2D eigenvalue weighted by Crippen LogP contribution is 2.21. The third-order valence-corrected chi connectivity index (χ3v) is 2.82.